The Kier molecular flexibility index (Phi) is 9.31. The van der Waals surface area contributed by atoms with Gasteiger partial charge in [0.2, 0.25) is 0 Å². The highest BCUT2D eigenvalue weighted by molar-refractivity contribution is 6.19. The standard InChI is InChI=1S/C68H51N3O/c1-67(2)58-22-14-13-20-51(58)57-40-49(32-36-59(57)67)71(48-30-25-45(26-31-48)43-17-9-6-10-18-43)63-38-37-61-66(70-63)64-52-21-12-11-19-50(52)55(41-62(64)72-61)53-33-34-54-56-39-47(29-35-60(56)68(3,4)65(53)54)69-46-27-23-44(24-28-46)42-15-7-5-8-16-42/h5-41,53,69H,1-4H3. The highest BCUT2D eigenvalue weighted by Gasteiger charge is 2.43. The van der Waals surface area contributed by atoms with Crippen LogP contribution in [0.25, 0.3) is 71.8 Å². The molecule has 1 atom stereocenters. The predicted octanol–water partition coefficient (Wildman–Crippen LogP) is 18.4. The van der Waals surface area contributed by atoms with Crippen molar-refractivity contribution >= 4 is 67.0 Å². The SMILES string of the molecule is CC1(C)C2=C(C=CC2c2cc3oc4ccc(N(c5ccc(-c6ccccc6)cc5)c5ccc6c(c5)-c5ccccc5C6(C)C)nc4c3c3ccccc23)c2cc(Nc3ccc(-c4ccccc4)cc3)ccc21. The van der Waals surface area contributed by atoms with Gasteiger partial charge in [-0.1, -0.05) is 185 Å². The maximum absolute atomic E-state index is 6.89. The largest absolute Gasteiger partial charge is 0.454 e. The van der Waals surface area contributed by atoms with E-state index in [1.54, 1.807) is 0 Å². The number of benzene rings is 9. The summed E-state index contributed by atoms with van der Waals surface area (Å²) in [5.41, 5.74) is 23.1. The molecule has 0 amide bonds. The maximum atomic E-state index is 6.89. The third-order valence-corrected chi connectivity index (χ3v) is 16.0. The average molecular weight is 926 g/mol. The summed E-state index contributed by atoms with van der Waals surface area (Å²) < 4.78 is 6.89. The molecular weight excluding hydrogens is 875 g/mol. The minimum atomic E-state index is -0.187. The van der Waals surface area contributed by atoms with Crippen LogP contribution >= 0.6 is 0 Å². The van der Waals surface area contributed by atoms with Gasteiger partial charge >= 0.3 is 0 Å². The Morgan fingerprint density at radius 2 is 1.07 bits per heavy atom. The Morgan fingerprint density at radius 1 is 0.472 bits per heavy atom. The van der Waals surface area contributed by atoms with E-state index in [0.717, 1.165) is 56.0 Å². The molecule has 0 bridgehead atoms. The summed E-state index contributed by atoms with van der Waals surface area (Å²) in [6, 6.07) is 76.7. The van der Waals surface area contributed by atoms with Crippen molar-refractivity contribution in [3.8, 4) is 33.4 Å². The van der Waals surface area contributed by atoms with Crippen LogP contribution in [-0.2, 0) is 10.8 Å². The van der Waals surface area contributed by atoms with E-state index >= 15 is 0 Å². The summed E-state index contributed by atoms with van der Waals surface area (Å²) >= 11 is 0. The van der Waals surface area contributed by atoms with E-state index in [9.17, 15) is 0 Å². The van der Waals surface area contributed by atoms with Gasteiger partial charge in [0.05, 0.1) is 5.39 Å². The summed E-state index contributed by atoms with van der Waals surface area (Å²) in [7, 11) is 0. The minimum Gasteiger partial charge on any atom is -0.454 e. The number of aromatic nitrogens is 1. The highest BCUT2D eigenvalue weighted by Crippen LogP contribution is 2.57. The molecule has 3 aliphatic rings. The Hall–Kier alpha value is -8.73. The van der Waals surface area contributed by atoms with Crippen LogP contribution in [0.1, 0.15) is 61.4 Å². The molecule has 3 aliphatic carbocycles. The number of allylic oxidation sites excluding steroid dienone is 4. The second-order valence-electron chi connectivity index (χ2n) is 20.8. The Morgan fingerprint density at radius 3 is 1.82 bits per heavy atom. The van der Waals surface area contributed by atoms with E-state index in [0.29, 0.717) is 0 Å². The summed E-state index contributed by atoms with van der Waals surface area (Å²) in [6.07, 6.45) is 4.76. The summed E-state index contributed by atoms with van der Waals surface area (Å²) in [5.74, 6) is 0.896. The van der Waals surface area contributed by atoms with Gasteiger partial charge in [0.25, 0.3) is 0 Å². The number of hydrogen-bond acceptors (Lipinski definition) is 4. The fraction of sp³-hybridized carbons (Fsp3) is 0.103. The summed E-state index contributed by atoms with van der Waals surface area (Å²) in [5, 5.41) is 7.10. The highest BCUT2D eigenvalue weighted by atomic mass is 16.3. The average Bonchev–Trinajstić information content (AvgIpc) is 4.15. The number of furan rings is 1. The Labute approximate surface area is 420 Å². The third kappa shape index (κ3) is 6.48. The van der Waals surface area contributed by atoms with E-state index in [2.05, 4.69) is 262 Å². The monoisotopic (exact) mass is 925 g/mol. The Bertz CT molecular complexity index is 4050. The molecule has 14 rings (SSSR count). The second kappa shape index (κ2) is 15.9. The lowest BCUT2D eigenvalue weighted by Gasteiger charge is -2.29. The van der Waals surface area contributed by atoms with E-state index < -0.39 is 0 Å². The number of hydrogen-bond donors (Lipinski definition) is 1. The summed E-state index contributed by atoms with van der Waals surface area (Å²) in [4.78, 5) is 7.91. The van der Waals surface area contributed by atoms with Crippen molar-refractivity contribution in [2.45, 2.75) is 44.4 Å². The number of fused-ring (bicyclic) bond motifs is 10. The van der Waals surface area contributed by atoms with Gasteiger partial charge < -0.3 is 9.73 Å². The van der Waals surface area contributed by atoms with Crippen LogP contribution in [0.5, 0.6) is 0 Å². The molecule has 4 heteroatoms. The van der Waals surface area contributed by atoms with Crippen molar-refractivity contribution in [3.63, 3.8) is 0 Å². The van der Waals surface area contributed by atoms with Crippen molar-refractivity contribution in [1.82, 2.24) is 4.98 Å². The molecule has 344 valence electrons. The van der Waals surface area contributed by atoms with Crippen molar-refractivity contribution in [1.29, 1.82) is 0 Å². The fourth-order valence-corrected chi connectivity index (χ4v) is 12.4. The fourth-order valence-electron chi connectivity index (χ4n) is 12.4. The van der Waals surface area contributed by atoms with Crippen molar-refractivity contribution < 1.29 is 4.42 Å². The lowest BCUT2D eigenvalue weighted by molar-refractivity contribution is 0.607. The van der Waals surface area contributed by atoms with Gasteiger partial charge in [0.15, 0.2) is 5.58 Å². The van der Waals surface area contributed by atoms with Crippen molar-refractivity contribution in [2.24, 2.45) is 0 Å². The number of nitrogens with zero attached hydrogens (tertiary/aromatic N) is 2. The predicted molar refractivity (Wildman–Crippen MR) is 300 cm³/mol. The van der Waals surface area contributed by atoms with Gasteiger partial charge in [-0.15, -0.1) is 0 Å². The van der Waals surface area contributed by atoms with Crippen molar-refractivity contribution in [2.75, 3.05) is 10.2 Å². The molecule has 1 unspecified atom stereocenters. The third-order valence-electron chi connectivity index (χ3n) is 16.0. The van der Waals surface area contributed by atoms with E-state index in [-0.39, 0.29) is 16.7 Å². The van der Waals surface area contributed by atoms with Crippen LogP contribution in [0.3, 0.4) is 0 Å². The topological polar surface area (TPSA) is 41.3 Å². The van der Waals surface area contributed by atoms with Gasteiger partial charge in [-0.25, -0.2) is 4.98 Å². The smallest absolute Gasteiger partial charge is 0.154 e. The van der Waals surface area contributed by atoms with Gasteiger partial charge in [-0.05, 0) is 150 Å². The van der Waals surface area contributed by atoms with Gasteiger partial charge in [-0.3, -0.25) is 4.90 Å². The van der Waals surface area contributed by atoms with Crippen LogP contribution in [-0.4, -0.2) is 4.98 Å². The number of rotatable bonds is 8. The van der Waals surface area contributed by atoms with E-state index in [4.69, 9.17) is 9.40 Å². The zero-order valence-corrected chi connectivity index (χ0v) is 40.7. The molecule has 11 aromatic rings. The molecular formula is C68H51N3O. The number of nitrogens with one attached hydrogen (secondary N) is 1. The lowest BCUT2D eigenvalue weighted by atomic mass is 9.74. The molecule has 9 aromatic carbocycles. The molecule has 0 saturated heterocycles. The number of anilines is 5. The Balaban J connectivity index is 0.858. The van der Waals surface area contributed by atoms with Crippen LogP contribution in [0, 0.1) is 0 Å². The molecule has 2 aromatic heterocycles. The van der Waals surface area contributed by atoms with Gasteiger partial charge in [0, 0.05) is 39.5 Å². The molecule has 0 radical (unpaired) electrons. The first-order valence-electron chi connectivity index (χ1n) is 25.1. The maximum Gasteiger partial charge on any atom is 0.154 e. The minimum absolute atomic E-state index is 0.0691. The van der Waals surface area contributed by atoms with Crippen molar-refractivity contribution in [3.05, 3.63) is 258 Å². The van der Waals surface area contributed by atoms with E-state index in [1.165, 1.54) is 77.7 Å². The first kappa shape index (κ1) is 42.2. The molecule has 2 heterocycles. The molecule has 0 fully saturated rings. The van der Waals surface area contributed by atoms with Crippen LogP contribution < -0.4 is 10.2 Å². The molecule has 0 saturated carbocycles. The van der Waals surface area contributed by atoms with Crippen LogP contribution in [0.2, 0.25) is 0 Å². The van der Waals surface area contributed by atoms with Gasteiger partial charge in [-0.2, -0.15) is 0 Å². The lowest BCUT2D eigenvalue weighted by Crippen LogP contribution is -2.21. The first-order valence-corrected chi connectivity index (χ1v) is 25.1. The first-order chi connectivity index (χ1) is 35.2. The zero-order valence-electron chi connectivity index (χ0n) is 40.7. The molecule has 72 heavy (non-hydrogen) atoms. The quantitative estimate of drug-likeness (QED) is 0.165. The normalized spacial score (nSPS) is 15.8. The summed E-state index contributed by atoms with van der Waals surface area (Å²) in [6.45, 7) is 9.44. The molecule has 1 N–H and O–H groups in total. The van der Waals surface area contributed by atoms with E-state index in [1.807, 2.05) is 0 Å². The van der Waals surface area contributed by atoms with Gasteiger partial charge in [0.1, 0.15) is 16.9 Å². The molecule has 4 nitrogen and oxygen atoms in total. The molecule has 0 spiro atoms. The second-order valence-corrected chi connectivity index (χ2v) is 20.8. The van der Waals surface area contributed by atoms with Crippen LogP contribution in [0.15, 0.2) is 234 Å². The molecule has 0 aliphatic heterocycles. The van der Waals surface area contributed by atoms with Crippen LogP contribution in [0.4, 0.5) is 28.6 Å². The number of pyridine rings is 1. The zero-order chi connectivity index (χ0) is 48.3.